The Morgan fingerprint density at radius 1 is 1.52 bits per heavy atom. The summed E-state index contributed by atoms with van der Waals surface area (Å²) in [4.78, 5) is 11.7. The van der Waals surface area contributed by atoms with Crippen molar-refractivity contribution in [1.82, 2.24) is 20.4 Å². The van der Waals surface area contributed by atoms with E-state index in [9.17, 15) is 4.79 Å². The number of thiophene rings is 1. The van der Waals surface area contributed by atoms with E-state index in [-0.39, 0.29) is 11.9 Å². The van der Waals surface area contributed by atoms with Crippen molar-refractivity contribution in [2.45, 2.75) is 32.9 Å². The Hall–Kier alpha value is -1.66. The number of carbonyl (C=O) groups excluding carboxylic acids is 1. The molecule has 2 N–H and O–H groups in total. The lowest BCUT2D eigenvalue weighted by atomic mass is 10.2. The molecule has 0 aliphatic carbocycles. The molecule has 0 aliphatic heterocycles. The molecule has 0 unspecified atom stereocenters. The molecule has 1 amide bonds. The van der Waals surface area contributed by atoms with Gasteiger partial charge in [-0.15, -0.1) is 0 Å². The van der Waals surface area contributed by atoms with E-state index < -0.39 is 0 Å². The number of aromatic nitrogens is 2. The predicted octanol–water partition coefficient (Wildman–Crippen LogP) is 1.59. The maximum absolute atomic E-state index is 11.7. The lowest BCUT2D eigenvalue weighted by molar-refractivity contribution is -0.120. The molecule has 0 bridgehead atoms. The number of carbonyl (C=O) groups is 1. The largest absolute Gasteiger partial charge is 0.355 e. The third-order valence-corrected chi connectivity index (χ3v) is 3.88. The molecule has 1 atom stereocenters. The summed E-state index contributed by atoms with van der Waals surface area (Å²) in [6.07, 6.45) is 4.72. The van der Waals surface area contributed by atoms with Gasteiger partial charge in [0.1, 0.15) is 0 Å². The Morgan fingerprint density at radius 3 is 3.05 bits per heavy atom. The number of hydrogen-bond acceptors (Lipinski definition) is 4. The number of amides is 1. The summed E-state index contributed by atoms with van der Waals surface area (Å²) in [5.74, 6) is 0.0359. The molecule has 2 aromatic heterocycles. The molecule has 2 heterocycles. The van der Waals surface area contributed by atoms with Gasteiger partial charge in [-0.3, -0.25) is 9.48 Å². The Labute approximate surface area is 129 Å². The van der Waals surface area contributed by atoms with Crippen LogP contribution in [0.4, 0.5) is 0 Å². The average Bonchev–Trinajstić information content (AvgIpc) is 3.08. The summed E-state index contributed by atoms with van der Waals surface area (Å²) in [6, 6.07) is 2.29. The standard InChI is InChI=1S/C15H22N4OS/c1-12-7-18-19(9-12)10-13(2)17-8-15(20)16-5-3-14-4-6-21-11-14/h4,6-7,9,11,13,17H,3,5,8,10H2,1-2H3,(H,16,20)/t13-/m0/s1. The smallest absolute Gasteiger partial charge is 0.233 e. The minimum Gasteiger partial charge on any atom is -0.355 e. The molecular weight excluding hydrogens is 284 g/mol. The summed E-state index contributed by atoms with van der Waals surface area (Å²) < 4.78 is 1.89. The maximum Gasteiger partial charge on any atom is 0.233 e. The van der Waals surface area contributed by atoms with Crippen molar-refractivity contribution in [1.29, 1.82) is 0 Å². The molecule has 0 radical (unpaired) electrons. The second kappa shape index (κ2) is 7.95. The van der Waals surface area contributed by atoms with Crippen molar-refractivity contribution >= 4 is 17.2 Å². The van der Waals surface area contributed by atoms with Crippen molar-refractivity contribution in [2.75, 3.05) is 13.1 Å². The van der Waals surface area contributed by atoms with Gasteiger partial charge in [0.2, 0.25) is 5.91 Å². The molecule has 0 saturated heterocycles. The van der Waals surface area contributed by atoms with Crippen LogP contribution in [0, 0.1) is 6.92 Å². The number of nitrogens with zero attached hydrogens (tertiary/aromatic N) is 2. The van der Waals surface area contributed by atoms with Crippen molar-refractivity contribution in [2.24, 2.45) is 0 Å². The van der Waals surface area contributed by atoms with Gasteiger partial charge in [0.25, 0.3) is 0 Å². The Kier molecular flexibility index (Phi) is 5.95. The first-order chi connectivity index (χ1) is 10.1. The van der Waals surface area contributed by atoms with Crippen LogP contribution in [0.15, 0.2) is 29.2 Å². The van der Waals surface area contributed by atoms with Gasteiger partial charge in [0, 0.05) is 18.8 Å². The van der Waals surface area contributed by atoms with Gasteiger partial charge in [0.15, 0.2) is 0 Å². The zero-order valence-corrected chi connectivity index (χ0v) is 13.3. The topological polar surface area (TPSA) is 59.0 Å². The number of nitrogens with one attached hydrogen (secondary N) is 2. The minimum absolute atomic E-state index is 0.0359. The molecule has 5 nitrogen and oxygen atoms in total. The number of rotatable bonds is 8. The molecule has 0 fully saturated rings. The molecule has 2 aromatic rings. The van der Waals surface area contributed by atoms with E-state index in [0.29, 0.717) is 13.1 Å². The van der Waals surface area contributed by atoms with Crippen LogP contribution in [-0.2, 0) is 17.8 Å². The third-order valence-electron chi connectivity index (χ3n) is 3.15. The van der Waals surface area contributed by atoms with Gasteiger partial charge >= 0.3 is 0 Å². The van der Waals surface area contributed by atoms with E-state index in [4.69, 9.17) is 0 Å². The molecule has 0 aromatic carbocycles. The molecule has 2 rings (SSSR count). The van der Waals surface area contributed by atoms with Crippen LogP contribution in [0.1, 0.15) is 18.1 Å². The van der Waals surface area contributed by atoms with Crippen LogP contribution >= 0.6 is 11.3 Å². The second-order valence-electron chi connectivity index (χ2n) is 5.25. The van der Waals surface area contributed by atoms with E-state index >= 15 is 0 Å². The Balaban J connectivity index is 1.59. The summed E-state index contributed by atoms with van der Waals surface area (Å²) >= 11 is 1.68. The number of hydrogen-bond donors (Lipinski definition) is 2. The van der Waals surface area contributed by atoms with E-state index in [2.05, 4.69) is 39.5 Å². The quantitative estimate of drug-likeness (QED) is 0.778. The van der Waals surface area contributed by atoms with Crippen LogP contribution in [0.5, 0.6) is 0 Å². The van der Waals surface area contributed by atoms with Crippen molar-refractivity contribution < 1.29 is 4.79 Å². The van der Waals surface area contributed by atoms with Gasteiger partial charge in [-0.25, -0.2) is 0 Å². The first-order valence-electron chi connectivity index (χ1n) is 7.13. The summed E-state index contributed by atoms with van der Waals surface area (Å²) in [6.45, 7) is 5.85. The second-order valence-corrected chi connectivity index (χ2v) is 6.03. The number of aryl methyl sites for hydroxylation is 1. The van der Waals surface area contributed by atoms with Crippen LogP contribution in [0.3, 0.4) is 0 Å². The van der Waals surface area contributed by atoms with Gasteiger partial charge in [-0.05, 0) is 48.2 Å². The molecule has 0 spiro atoms. The van der Waals surface area contributed by atoms with Gasteiger partial charge in [0.05, 0.1) is 19.3 Å². The summed E-state index contributed by atoms with van der Waals surface area (Å²) in [7, 11) is 0. The van der Waals surface area contributed by atoms with Crippen LogP contribution in [0.25, 0.3) is 0 Å². The maximum atomic E-state index is 11.7. The lowest BCUT2D eigenvalue weighted by Gasteiger charge is -2.13. The lowest BCUT2D eigenvalue weighted by Crippen LogP contribution is -2.40. The summed E-state index contributed by atoms with van der Waals surface area (Å²) in [5, 5.41) is 14.5. The average molecular weight is 306 g/mol. The molecule has 0 saturated carbocycles. The fourth-order valence-corrected chi connectivity index (χ4v) is 2.73. The van der Waals surface area contributed by atoms with Crippen LogP contribution in [0.2, 0.25) is 0 Å². The van der Waals surface area contributed by atoms with Crippen LogP contribution in [-0.4, -0.2) is 34.8 Å². The summed E-state index contributed by atoms with van der Waals surface area (Å²) in [5.41, 5.74) is 2.42. The van der Waals surface area contributed by atoms with Crippen molar-refractivity contribution in [3.63, 3.8) is 0 Å². The zero-order valence-electron chi connectivity index (χ0n) is 12.5. The normalized spacial score (nSPS) is 12.3. The molecular formula is C15H22N4OS. The highest BCUT2D eigenvalue weighted by atomic mass is 32.1. The molecule has 6 heteroatoms. The van der Waals surface area contributed by atoms with E-state index in [1.165, 1.54) is 5.56 Å². The minimum atomic E-state index is 0.0359. The molecule has 114 valence electrons. The van der Waals surface area contributed by atoms with Gasteiger partial charge in [-0.1, -0.05) is 0 Å². The van der Waals surface area contributed by atoms with Gasteiger partial charge < -0.3 is 10.6 Å². The molecule has 21 heavy (non-hydrogen) atoms. The van der Waals surface area contributed by atoms with Crippen LogP contribution < -0.4 is 10.6 Å². The first kappa shape index (κ1) is 15.7. The first-order valence-corrected chi connectivity index (χ1v) is 8.08. The van der Waals surface area contributed by atoms with Crippen molar-refractivity contribution in [3.8, 4) is 0 Å². The highest BCUT2D eigenvalue weighted by molar-refractivity contribution is 7.07. The fraction of sp³-hybridized carbons (Fsp3) is 0.467. The molecule has 0 aliphatic rings. The van der Waals surface area contributed by atoms with E-state index in [1.807, 2.05) is 24.0 Å². The Morgan fingerprint density at radius 2 is 2.38 bits per heavy atom. The Bertz CT molecular complexity index is 550. The van der Waals surface area contributed by atoms with E-state index in [0.717, 1.165) is 18.5 Å². The fourth-order valence-electron chi connectivity index (χ4n) is 2.02. The predicted molar refractivity (Wildman–Crippen MR) is 85.5 cm³/mol. The van der Waals surface area contributed by atoms with Crippen molar-refractivity contribution in [3.05, 3.63) is 40.3 Å². The highest BCUT2D eigenvalue weighted by Gasteiger charge is 2.06. The third kappa shape index (κ3) is 5.69. The highest BCUT2D eigenvalue weighted by Crippen LogP contribution is 2.05. The SMILES string of the molecule is Cc1cnn(C[C@H](C)NCC(=O)NCCc2ccsc2)c1. The zero-order chi connectivity index (χ0) is 15.1. The van der Waals surface area contributed by atoms with Gasteiger partial charge in [-0.2, -0.15) is 16.4 Å². The monoisotopic (exact) mass is 306 g/mol. The van der Waals surface area contributed by atoms with E-state index in [1.54, 1.807) is 11.3 Å².